The molecule has 1 unspecified atom stereocenters. The van der Waals surface area contributed by atoms with Gasteiger partial charge in [-0.15, -0.1) is 0 Å². The van der Waals surface area contributed by atoms with E-state index in [2.05, 4.69) is 46.3 Å². The molecule has 4 nitrogen and oxygen atoms in total. The highest BCUT2D eigenvalue weighted by atomic mass is 35.5. The first kappa shape index (κ1) is 19.3. The van der Waals surface area contributed by atoms with Crippen molar-refractivity contribution in [1.82, 2.24) is 4.90 Å². The Morgan fingerprint density at radius 1 is 1.04 bits per heavy atom. The van der Waals surface area contributed by atoms with E-state index in [4.69, 9.17) is 11.6 Å². The lowest BCUT2D eigenvalue weighted by atomic mass is 9.94. The maximum Gasteiger partial charge on any atom is 0.232 e. The SMILES string of the molecule is Cc1ccc2c(c1)C(CCCCN1CCN(c3ccc(Cl)cc3)CC1)C(=O)N2. The van der Waals surface area contributed by atoms with Crippen LogP contribution in [0, 0.1) is 6.92 Å². The number of piperazine rings is 1. The molecule has 2 aliphatic heterocycles. The number of amides is 1. The summed E-state index contributed by atoms with van der Waals surface area (Å²) in [7, 11) is 0. The Bertz CT molecular complexity index is 828. The lowest BCUT2D eigenvalue weighted by molar-refractivity contribution is -0.117. The number of aryl methyl sites for hydroxylation is 1. The van der Waals surface area contributed by atoms with E-state index in [1.165, 1.54) is 16.8 Å². The van der Waals surface area contributed by atoms with Crippen LogP contribution in [0.3, 0.4) is 0 Å². The molecule has 5 heteroatoms. The average molecular weight is 398 g/mol. The molecule has 0 aromatic heterocycles. The molecule has 1 fully saturated rings. The summed E-state index contributed by atoms with van der Waals surface area (Å²) in [6.45, 7) is 7.50. The molecule has 148 valence electrons. The summed E-state index contributed by atoms with van der Waals surface area (Å²) in [6, 6.07) is 14.4. The minimum atomic E-state index is 0.0247. The smallest absolute Gasteiger partial charge is 0.232 e. The minimum absolute atomic E-state index is 0.0247. The molecule has 2 aliphatic rings. The van der Waals surface area contributed by atoms with Gasteiger partial charge in [-0.05, 0) is 62.2 Å². The molecule has 1 amide bonds. The summed E-state index contributed by atoms with van der Waals surface area (Å²) >= 11 is 5.98. The number of nitrogens with zero attached hydrogens (tertiary/aromatic N) is 2. The van der Waals surface area contributed by atoms with Crippen LogP contribution in [0.2, 0.25) is 5.02 Å². The number of hydrogen-bond acceptors (Lipinski definition) is 3. The molecule has 0 spiro atoms. The zero-order valence-corrected chi connectivity index (χ0v) is 17.2. The lowest BCUT2D eigenvalue weighted by Gasteiger charge is -2.36. The molecule has 2 aromatic rings. The van der Waals surface area contributed by atoms with Gasteiger partial charge in [-0.25, -0.2) is 0 Å². The highest BCUT2D eigenvalue weighted by molar-refractivity contribution is 6.30. The monoisotopic (exact) mass is 397 g/mol. The van der Waals surface area contributed by atoms with Gasteiger partial charge in [-0.1, -0.05) is 35.7 Å². The van der Waals surface area contributed by atoms with Crippen molar-refractivity contribution in [3.05, 3.63) is 58.6 Å². The maximum absolute atomic E-state index is 12.3. The van der Waals surface area contributed by atoms with Crippen LogP contribution in [0.15, 0.2) is 42.5 Å². The van der Waals surface area contributed by atoms with Gasteiger partial charge in [-0.2, -0.15) is 0 Å². The van der Waals surface area contributed by atoms with Gasteiger partial charge >= 0.3 is 0 Å². The Morgan fingerprint density at radius 3 is 2.54 bits per heavy atom. The molecule has 28 heavy (non-hydrogen) atoms. The molecule has 1 saturated heterocycles. The third kappa shape index (κ3) is 4.34. The van der Waals surface area contributed by atoms with Crippen LogP contribution in [0.5, 0.6) is 0 Å². The van der Waals surface area contributed by atoms with E-state index < -0.39 is 0 Å². The molecule has 0 aliphatic carbocycles. The predicted molar refractivity (Wildman–Crippen MR) is 117 cm³/mol. The molecule has 1 N–H and O–H groups in total. The zero-order chi connectivity index (χ0) is 19.5. The molecule has 4 rings (SSSR count). The number of nitrogens with one attached hydrogen (secondary N) is 1. The van der Waals surface area contributed by atoms with Crippen molar-refractivity contribution in [3.63, 3.8) is 0 Å². The third-order valence-corrected chi connectivity index (χ3v) is 6.19. The van der Waals surface area contributed by atoms with Crippen molar-refractivity contribution in [2.75, 3.05) is 42.9 Å². The Labute approximate surface area is 172 Å². The van der Waals surface area contributed by atoms with Crippen LogP contribution >= 0.6 is 11.6 Å². The average Bonchev–Trinajstić information content (AvgIpc) is 3.01. The zero-order valence-electron chi connectivity index (χ0n) is 16.5. The standard InChI is InChI=1S/C23H28ClN3O/c1-17-5-10-22-21(16-17)20(23(28)25-22)4-2-3-11-26-12-14-27(15-13-26)19-8-6-18(24)7-9-19/h5-10,16,20H,2-4,11-15H2,1H3,(H,25,28). The number of unbranched alkanes of at least 4 members (excludes halogenated alkanes) is 1. The second-order valence-electron chi connectivity index (χ2n) is 7.93. The predicted octanol–water partition coefficient (Wildman–Crippen LogP) is 4.68. The highest BCUT2D eigenvalue weighted by Gasteiger charge is 2.29. The van der Waals surface area contributed by atoms with E-state index in [0.717, 1.165) is 62.7 Å². The minimum Gasteiger partial charge on any atom is -0.369 e. The van der Waals surface area contributed by atoms with Crippen molar-refractivity contribution in [3.8, 4) is 0 Å². The summed E-state index contributed by atoms with van der Waals surface area (Å²) in [5, 5.41) is 3.81. The molecule has 0 bridgehead atoms. The van der Waals surface area contributed by atoms with Crippen LogP contribution in [0.4, 0.5) is 11.4 Å². The molecule has 1 atom stereocenters. The maximum atomic E-state index is 12.3. The topological polar surface area (TPSA) is 35.6 Å². The van der Waals surface area contributed by atoms with Crippen molar-refractivity contribution >= 4 is 28.9 Å². The number of hydrogen-bond donors (Lipinski definition) is 1. The molecule has 0 radical (unpaired) electrons. The first-order valence-corrected chi connectivity index (χ1v) is 10.6. The summed E-state index contributed by atoms with van der Waals surface area (Å²) in [5.41, 5.74) is 4.66. The Balaban J connectivity index is 1.20. The Hall–Kier alpha value is -2.04. The number of fused-ring (bicyclic) bond motifs is 1. The van der Waals surface area contributed by atoms with E-state index in [-0.39, 0.29) is 11.8 Å². The van der Waals surface area contributed by atoms with Gasteiger partial charge in [0.2, 0.25) is 5.91 Å². The molecule has 0 saturated carbocycles. The fourth-order valence-electron chi connectivity index (χ4n) is 4.30. The van der Waals surface area contributed by atoms with Gasteiger partial charge in [0.15, 0.2) is 0 Å². The van der Waals surface area contributed by atoms with Gasteiger partial charge in [0.25, 0.3) is 0 Å². The summed E-state index contributed by atoms with van der Waals surface area (Å²) in [6.07, 6.45) is 3.17. The fourth-order valence-corrected chi connectivity index (χ4v) is 4.42. The van der Waals surface area contributed by atoms with E-state index in [1.54, 1.807) is 0 Å². The van der Waals surface area contributed by atoms with Crippen LogP contribution < -0.4 is 10.2 Å². The van der Waals surface area contributed by atoms with Crippen molar-refractivity contribution in [2.24, 2.45) is 0 Å². The summed E-state index contributed by atoms with van der Waals surface area (Å²) < 4.78 is 0. The first-order valence-electron chi connectivity index (χ1n) is 10.2. The number of rotatable bonds is 6. The van der Waals surface area contributed by atoms with E-state index in [0.29, 0.717) is 0 Å². The molecule has 2 heterocycles. The van der Waals surface area contributed by atoms with Gasteiger partial charge in [0.05, 0.1) is 5.92 Å². The summed E-state index contributed by atoms with van der Waals surface area (Å²) in [4.78, 5) is 17.3. The number of carbonyl (C=O) groups excluding carboxylic acids is 1. The summed E-state index contributed by atoms with van der Waals surface area (Å²) in [5.74, 6) is 0.189. The van der Waals surface area contributed by atoms with Crippen molar-refractivity contribution in [1.29, 1.82) is 0 Å². The van der Waals surface area contributed by atoms with E-state index in [9.17, 15) is 4.79 Å². The largest absolute Gasteiger partial charge is 0.369 e. The third-order valence-electron chi connectivity index (χ3n) is 5.94. The van der Waals surface area contributed by atoms with Crippen LogP contribution in [0.1, 0.15) is 36.3 Å². The first-order chi connectivity index (χ1) is 13.6. The van der Waals surface area contributed by atoms with Crippen molar-refractivity contribution in [2.45, 2.75) is 32.1 Å². The molecular formula is C23H28ClN3O. The van der Waals surface area contributed by atoms with Gasteiger partial charge in [0.1, 0.15) is 0 Å². The number of benzene rings is 2. The molecule has 2 aromatic carbocycles. The molecular weight excluding hydrogens is 370 g/mol. The highest BCUT2D eigenvalue weighted by Crippen LogP contribution is 2.36. The van der Waals surface area contributed by atoms with Gasteiger partial charge in [-0.3, -0.25) is 9.69 Å². The second-order valence-corrected chi connectivity index (χ2v) is 8.37. The number of anilines is 2. The Kier molecular flexibility index (Phi) is 5.88. The van der Waals surface area contributed by atoms with Gasteiger partial charge < -0.3 is 10.2 Å². The van der Waals surface area contributed by atoms with Gasteiger partial charge in [0, 0.05) is 42.6 Å². The normalized spacial score (nSPS) is 19.6. The fraction of sp³-hybridized carbons (Fsp3) is 0.435. The number of halogens is 1. The second kappa shape index (κ2) is 8.54. The van der Waals surface area contributed by atoms with Crippen LogP contribution in [-0.2, 0) is 4.79 Å². The quantitative estimate of drug-likeness (QED) is 0.719. The van der Waals surface area contributed by atoms with E-state index >= 15 is 0 Å². The van der Waals surface area contributed by atoms with E-state index in [1.807, 2.05) is 18.2 Å². The lowest BCUT2D eigenvalue weighted by Crippen LogP contribution is -2.46. The van der Waals surface area contributed by atoms with Crippen LogP contribution in [-0.4, -0.2) is 43.5 Å². The van der Waals surface area contributed by atoms with Crippen molar-refractivity contribution < 1.29 is 4.79 Å². The Morgan fingerprint density at radius 2 is 1.79 bits per heavy atom. The van der Waals surface area contributed by atoms with Crippen LogP contribution in [0.25, 0.3) is 0 Å². The number of carbonyl (C=O) groups is 1.